The number of tetrazole rings is 1. The molecule has 2 N–H and O–H groups in total. The van der Waals surface area contributed by atoms with Gasteiger partial charge in [-0.15, -0.1) is 5.10 Å². The number of hydrogen-bond acceptors (Lipinski definition) is 7. The van der Waals surface area contributed by atoms with Crippen molar-refractivity contribution < 1.29 is 9.59 Å². The maximum atomic E-state index is 14.1. The van der Waals surface area contributed by atoms with Crippen LogP contribution in [0.5, 0.6) is 0 Å². The van der Waals surface area contributed by atoms with Crippen LogP contribution in [-0.2, 0) is 9.59 Å². The van der Waals surface area contributed by atoms with Crippen molar-refractivity contribution in [1.82, 2.24) is 29.7 Å². The molecule has 3 heterocycles. The third-order valence-electron chi connectivity index (χ3n) is 6.37. The summed E-state index contributed by atoms with van der Waals surface area (Å²) in [5.74, 6) is -0.510. The first kappa shape index (κ1) is 22.9. The molecule has 0 saturated carbocycles. The van der Waals surface area contributed by atoms with Gasteiger partial charge in [-0.3, -0.25) is 9.78 Å². The summed E-state index contributed by atoms with van der Waals surface area (Å²) in [6, 6.07) is 20.3. The lowest BCUT2D eigenvalue weighted by Gasteiger charge is -2.36. The number of likely N-dealkylation sites (tertiary alicyclic amines) is 1. The van der Waals surface area contributed by atoms with Crippen molar-refractivity contribution in [1.29, 1.82) is 0 Å². The van der Waals surface area contributed by atoms with Gasteiger partial charge in [0.2, 0.25) is 5.16 Å². The van der Waals surface area contributed by atoms with Crippen molar-refractivity contribution in [3.8, 4) is 16.8 Å². The van der Waals surface area contributed by atoms with Gasteiger partial charge in [-0.1, -0.05) is 48.2 Å². The average Bonchev–Trinajstić information content (AvgIpc) is 3.56. The number of aromatic nitrogens is 5. The second kappa shape index (κ2) is 9.77. The van der Waals surface area contributed by atoms with E-state index in [2.05, 4.69) is 20.5 Å². The number of primary amides is 1. The molecule has 9 nitrogen and oxygen atoms in total. The molecule has 1 unspecified atom stereocenters. The van der Waals surface area contributed by atoms with E-state index in [0.717, 1.165) is 22.5 Å². The van der Waals surface area contributed by atoms with Crippen molar-refractivity contribution in [2.75, 3.05) is 12.3 Å². The molecule has 4 aromatic rings. The Balaban J connectivity index is 1.52. The molecule has 1 aliphatic heterocycles. The van der Waals surface area contributed by atoms with Crippen LogP contribution in [0.2, 0.25) is 0 Å². The highest BCUT2D eigenvalue weighted by Gasteiger charge is 2.53. The van der Waals surface area contributed by atoms with E-state index in [4.69, 9.17) is 5.73 Å². The molecule has 0 spiro atoms. The van der Waals surface area contributed by atoms with Crippen molar-refractivity contribution in [3.63, 3.8) is 0 Å². The van der Waals surface area contributed by atoms with Gasteiger partial charge in [-0.25, -0.2) is 9.28 Å². The zero-order valence-corrected chi connectivity index (χ0v) is 19.7. The Kier molecular flexibility index (Phi) is 6.39. The Labute approximate surface area is 206 Å². The number of carbonyl (C=O) groups is 2. The average molecular weight is 487 g/mol. The summed E-state index contributed by atoms with van der Waals surface area (Å²) in [5.41, 5.74) is 9.17. The van der Waals surface area contributed by atoms with Crippen LogP contribution >= 0.6 is 11.8 Å². The molecule has 2 aromatic carbocycles. The smallest absolute Gasteiger partial charge is 0.329 e. The lowest BCUT2D eigenvalue weighted by Crippen LogP contribution is -2.62. The monoisotopic (exact) mass is 486 g/mol. The van der Waals surface area contributed by atoms with Crippen molar-refractivity contribution in [2.45, 2.75) is 24.0 Å². The third kappa shape index (κ3) is 4.22. The number of nitrogens with two attached hydrogens (primary N) is 1. The Morgan fingerprint density at radius 3 is 2.63 bits per heavy atom. The van der Waals surface area contributed by atoms with E-state index in [0.29, 0.717) is 24.5 Å². The maximum absolute atomic E-state index is 14.1. The Hall–Kier alpha value is -3.89. The molecular weight excluding hydrogens is 462 g/mol. The first-order valence-electron chi connectivity index (χ1n) is 11.3. The highest BCUT2D eigenvalue weighted by molar-refractivity contribution is 7.99. The fraction of sp³-hybridized carbons (Fsp3) is 0.200. The lowest BCUT2D eigenvalue weighted by atomic mass is 10.0. The number of quaternary nitrogens is 1. The molecule has 0 aliphatic carbocycles. The predicted molar refractivity (Wildman–Crippen MR) is 133 cm³/mol. The number of amides is 2. The van der Waals surface area contributed by atoms with Crippen LogP contribution in [0, 0.1) is 0 Å². The molecule has 5 rings (SSSR count). The molecule has 2 amide bonds. The number of benzene rings is 2. The summed E-state index contributed by atoms with van der Waals surface area (Å²) in [6.07, 6.45) is 4.73. The fourth-order valence-electron chi connectivity index (χ4n) is 4.82. The van der Waals surface area contributed by atoms with Gasteiger partial charge in [0.15, 0.2) is 6.04 Å². The summed E-state index contributed by atoms with van der Waals surface area (Å²) in [6.45, 7) is 0.494. The molecule has 1 fully saturated rings. The zero-order valence-electron chi connectivity index (χ0n) is 18.9. The van der Waals surface area contributed by atoms with Gasteiger partial charge < -0.3 is 5.73 Å². The van der Waals surface area contributed by atoms with Crippen LogP contribution in [0.15, 0.2) is 84.3 Å². The Morgan fingerprint density at radius 1 is 1.06 bits per heavy atom. The zero-order chi connectivity index (χ0) is 24.3. The van der Waals surface area contributed by atoms with Crippen LogP contribution in [0.25, 0.3) is 16.8 Å². The first-order chi connectivity index (χ1) is 17.1. The molecular formula is C25H24N7O2S+. The van der Waals surface area contributed by atoms with E-state index < -0.39 is 11.9 Å². The van der Waals surface area contributed by atoms with E-state index in [1.54, 1.807) is 17.1 Å². The predicted octanol–water partition coefficient (Wildman–Crippen LogP) is 3.00. The molecule has 0 radical (unpaired) electrons. The number of rotatable bonds is 7. The van der Waals surface area contributed by atoms with Gasteiger partial charge in [0.05, 0.1) is 12.2 Å². The minimum Gasteiger partial charge on any atom is -0.364 e. The summed E-state index contributed by atoms with van der Waals surface area (Å²) in [5, 5.41) is 12.5. The quantitative estimate of drug-likeness (QED) is 0.315. The molecule has 10 heteroatoms. The van der Waals surface area contributed by atoms with Gasteiger partial charge in [-0.05, 0) is 34.7 Å². The van der Waals surface area contributed by atoms with Crippen LogP contribution in [0.1, 0.15) is 12.8 Å². The minimum absolute atomic E-state index is 0.0817. The summed E-state index contributed by atoms with van der Waals surface area (Å²) in [4.78, 5) is 30.9. The number of nitrogens with zero attached hydrogens (tertiary/aromatic N) is 6. The van der Waals surface area contributed by atoms with E-state index in [9.17, 15) is 9.59 Å². The van der Waals surface area contributed by atoms with E-state index in [1.807, 2.05) is 66.7 Å². The fourth-order valence-corrected chi connectivity index (χ4v) is 5.66. The second-order valence-corrected chi connectivity index (χ2v) is 9.25. The highest BCUT2D eigenvalue weighted by Crippen LogP contribution is 2.42. The van der Waals surface area contributed by atoms with E-state index >= 15 is 0 Å². The molecule has 2 aromatic heterocycles. The SMILES string of the molecule is NC(=O)[C@@H]1CCC[N+]1(C(=O)CSc1nnnn1-c1ccccc1)c1ccccc1-c1cccnc1. The van der Waals surface area contributed by atoms with Gasteiger partial charge in [0, 0.05) is 42.4 Å². The standard InChI is InChI=1S/C25H23N7O2S/c26-24(34)22-13-7-15-32(22,21-12-5-4-11-20(21)18-8-6-14-27-16-18)23(33)17-35-25-28-29-30-31(25)19-9-2-1-3-10-19/h1-6,8-12,14,16,22H,7,13,15,17H2,(H-,26,34)/p+1/t22-,32?/m0/s1. The van der Waals surface area contributed by atoms with Crippen LogP contribution in [0.3, 0.4) is 0 Å². The van der Waals surface area contributed by atoms with Crippen LogP contribution in [0.4, 0.5) is 5.69 Å². The van der Waals surface area contributed by atoms with Crippen LogP contribution in [-0.4, -0.2) is 55.3 Å². The van der Waals surface area contributed by atoms with Gasteiger partial charge in [0.25, 0.3) is 5.91 Å². The Bertz CT molecular complexity index is 1350. The normalized spacial score (nSPS) is 19.5. The van der Waals surface area contributed by atoms with E-state index in [-0.39, 0.29) is 16.1 Å². The third-order valence-corrected chi connectivity index (χ3v) is 7.27. The lowest BCUT2D eigenvalue weighted by molar-refractivity contribution is -0.134. The van der Waals surface area contributed by atoms with Gasteiger partial charge in [0.1, 0.15) is 11.4 Å². The summed E-state index contributed by atoms with van der Waals surface area (Å²) >= 11 is 1.25. The summed E-state index contributed by atoms with van der Waals surface area (Å²) in [7, 11) is 0. The van der Waals surface area contributed by atoms with Gasteiger partial charge in [-0.2, -0.15) is 4.68 Å². The number of para-hydroxylation sites is 2. The molecule has 1 saturated heterocycles. The first-order valence-corrected chi connectivity index (χ1v) is 12.3. The number of pyridine rings is 1. The van der Waals surface area contributed by atoms with Crippen molar-refractivity contribution in [3.05, 3.63) is 79.1 Å². The van der Waals surface area contributed by atoms with Crippen molar-refractivity contribution >= 4 is 29.3 Å². The number of hydrogen-bond donors (Lipinski definition) is 1. The molecule has 35 heavy (non-hydrogen) atoms. The largest absolute Gasteiger partial charge is 0.364 e. The molecule has 2 atom stereocenters. The topological polar surface area (TPSA) is 117 Å². The second-order valence-electron chi connectivity index (χ2n) is 8.30. The Morgan fingerprint density at radius 2 is 1.86 bits per heavy atom. The van der Waals surface area contributed by atoms with E-state index in [1.165, 1.54) is 11.8 Å². The maximum Gasteiger partial charge on any atom is 0.329 e. The van der Waals surface area contributed by atoms with Gasteiger partial charge >= 0.3 is 5.91 Å². The minimum atomic E-state index is -0.647. The molecule has 176 valence electrons. The number of carbonyl (C=O) groups excluding carboxylic acids is 2. The molecule has 0 bridgehead atoms. The highest BCUT2D eigenvalue weighted by atomic mass is 32.2. The number of thioether (sulfide) groups is 1. The van der Waals surface area contributed by atoms with Crippen molar-refractivity contribution in [2.24, 2.45) is 5.73 Å². The summed E-state index contributed by atoms with van der Waals surface area (Å²) < 4.78 is 1.47. The van der Waals surface area contributed by atoms with Crippen LogP contribution < -0.4 is 10.2 Å². The molecule has 1 aliphatic rings.